The van der Waals surface area contributed by atoms with Gasteiger partial charge in [-0.2, -0.15) is 0 Å². The SMILES string of the molecule is Cc1ccc(-c2ccc(-c3nnc(N4CCOCC4)c4ccccc34)s2)nc1. The number of ether oxygens (including phenoxy) is 1. The standard InChI is InChI=1S/C22H20N4OS/c1-15-6-7-18(23-14-15)19-8-9-20(28-19)21-16-4-2-3-5-17(16)22(25-24-21)26-10-12-27-13-11-26/h2-9,14H,10-13H2,1H3. The van der Waals surface area contributed by atoms with E-state index in [2.05, 4.69) is 68.6 Å². The molecule has 0 atom stereocenters. The maximum absolute atomic E-state index is 5.48. The molecule has 0 amide bonds. The first kappa shape index (κ1) is 17.3. The summed E-state index contributed by atoms with van der Waals surface area (Å²) in [6, 6.07) is 16.8. The quantitative estimate of drug-likeness (QED) is 0.515. The number of nitrogens with zero attached hydrogens (tertiary/aromatic N) is 4. The van der Waals surface area contributed by atoms with E-state index in [0.717, 1.165) is 69.6 Å². The lowest BCUT2D eigenvalue weighted by atomic mass is 10.1. The van der Waals surface area contributed by atoms with Gasteiger partial charge < -0.3 is 9.64 Å². The van der Waals surface area contributed by atoms with E-state index in [1.54, 1.807) is 11.3 Å². The van der Waals surface area contributed by atoms with Gasteiger partial charge in [-0.15, -0.1) is 21.5 Å². The maximum Gasteiger partial charge on any atom is 0.159 e. The van der Waals surface area contributed by atoms with Crippen LogP contribution in [0, 0.1) is 6.92 Å². The second kappa shape index (κ2) is 7.30. The molecule has 0 N–H and O–H groups in total. The van der Waals surface area contributed by atoms with Crippen molar-refractivity contribution in [2.75, 3.05) is 31.2 Å². The highest BCUT2D eigenvalue weighted by Gasteiger charge is 2.19. The lowest BCUT2D eigenvalue weighted by Crippen LogP contribution is -2.37. The molecule has 3 aromatic heterocycles. The Morgan fingerprint density at radius 3 is 2.46 bits per heavy atom. The van der Waals surface area contributed by atoms with Gasteiger partial charge in [-0.05, 0) is 30.7 Å². The zero-order valence-electron chi connectivity index (χ0n) is 15.6. The van der Waals surface area contributed by atoms with Crippen LogP contribution in [0.5, 0.6) is 0 Å². The van der Waals surface area contributed by atoms with Crippen molar-refractivity contribution < 1.29 is 4.74 Å². The van der Waals surface area contributed by atoms with E-state index in [1.165, 1.54) is 0 Å². The highest BCUT2D eigenvalue weighted by molar-refractivity contribution is 7.18. The van der Waals surface area contributed by atoms with Crippen molar-refractivity contribution in [3.8, 4) is 21.1 Å². The van der Waals surface area contributed by atoms with Gasteiger partial charge in [-0.3, -0.25) is 4.98 Å². The number of fused-ring (bicyclic) bond motifs is 1. The molecule has 0 radical (unpaired) electrons. The lowest BCUT2D eigenvalue weighted by molar-refractivity contribution is 0.122. The molecule has 140 valence electrons. The minimum atomic E-state index is 0.732. The van der Waals surface area contributed by atoms with E-state index in [0.29, 0.717) is 0 Å². The number of rotatable bonds is 3. The first-order valence-corrected chi connectivity index (χ1v) is 10.2. The fourth-order valence-corrected chi connectivity index (χ4v) is 4.48. The van der Waals surface area contributed by atoms with Crippen LogP contribution in [0.2, 0.25) is 0 Å². The average Bonchev–Trinajstić information content (AvgIpc) is 3.24. The Balaban J connectivity index is 1.57. The molecule has 1 aromatic carbocycles. The number of morpholine rings is 1. The summed E-state index contributed by atoms with van der Waals surface area (Å²) < 4.78 is 5.48. The van der Waals surface area contributed by atoms with E-state index in [4.69, 9.17) is 4.74 Å². The van der Waals surface area contributed by atoms with Crippen LogP contribution in [0.3, 0.4) is 0 Å². The van der Waals surface area contributed by atoms with Crippen molar-refractivity contribution in [3.63, 3.8) is 0 Å². The number of aromatic nitrogens is 3. The molecule has 5 nitrogen and oxygen atoms in total. The van der Waals surface area contributed by atoms with Crippen LogP contribution in [0.4, 0.5) is 5.82 Å². The van der Waals surface area contributed by atoms with Crippen molar-refractivity contribution in [1.29, 1.82) is 0 Å². The molecule has 0 bridgehead atoms. The molecule has 4 aromatic rings. The van der Waals surface area contributed by atoms with Gasteiger partial charge in [0.2, 0.25) is 0 Å². The zero-order chi connectivity index (χ0) is 18.9. The molecule has 0 unspecified atom stereocenters. The highest BCUT2D eigenvalue weighted by atomic mass is 32.1. The molecule has 1 fully saturated rings. The fraction of sp³-hybridized carbons (Fsp3) is 0.227. The second-order valence-electron chi connectivity index (χ2n) is 6.90. The first-order chi connectivity index (χ1) is 13.8. The van der Waals surface area contributed by atoms with E-state index in [-0.39, 0.29) is 0 Å². The summed E-state index contributed by atoms with van der Waals surface area (Å²) in [4.78, 5) is 9.05. The molecular weight excluding hydrogens is 368 g/mol. The summed E-state index contributed by atoms with van der Waals surface area (Å²) in [5.41, 5.74) is 3.08. The van der Waals surface area contributed by atoms with E-state index >= 15 is 0 Å². The number of benzene rings is 1. The van der Waals surface area contributed by atoms with Crippen molar-refractivity contribution in [1.82, 2.24) is 15.2 Å². The zero-order valence-corrected chi connectivity index (χ0v) is 16.4. The van der Waals surface area contributed by atoms with Crippen LogP contribution >= 0.6 is 11.3 Å². The molecule has 4 heterocycles. The van der Waals surface area contributed by atoms with Crippen molar-refractivity contribution >= 4 is 27.9 Å². The van der Waals surface area contributed by atoms with Gasteiger partial charge in [0.15, 0.2) is 5.82 Å². The number of hydrogen-bond donors (Lipinski definition) is 0. The van der Waals surface area contributed by atoms with Crippen LogP contribution in [0.15, 0.2) is 54.7 Å². The summed E-state index contributed by atoms with van der Waals surface area (Å²) >= 11 is 1.70. The Kier molecular flexibility index (Phi) is 4.50. The molecular formula is C22H20N4OS. The van der Waals surface area contributed by atoms with Crippen LogP contribution in [0.1, 0.15) is 5.56 Å². The molecule has 0 aliphatic carbocycles. The van der Waals surface area contributed by atoms with Crippen LogP contribution in [-0.4, -0.2) is 41.5 Å². The predicted molar refractivity (Wildman–Crippen MR) is 114 cm³/mol. The van der Waals surface area contributed by atoms with Crippen LogP contribution in [0.25, 0.3) is 31.9 Å². The van der Waals surface area contributed by atoms with Gasteiger partial charge >= 0.3 is 0 Å². The predicted octanol–water partition coefficient (Wildman–Crippen LogP) is 4.57. The summed E-state index contributed by atoms with van der Waals surface area (Å²) in [6.45, 7) is 5.21. The van der Waals surface area contributed by atoms with Gasteiger partial charge in [0.05, 0.1) is 28.7 Å². The van der Waals surface area contributed by atoms with Gasteiger partial charge in [-0.1, -0.05) is 30.3 Å². The summed E-state index contributed by atoms with van der Waals surface area (Å²) in [6.07, 6.45) is 1.90. The highest BCUT2D eigenvalue weighted by Crippen LogP contribution is 2.37. The third-order valence-corrected chi connectivity index (χ3v) is 6.10. The van der Waals surface area contributed by atoms with Gasteiger partial charge in [0.1, 0.15) is 5.69 Å². The summed E-state index contributed by atoms with van der Waals surface area (Å²) in [5.74, 6) is 0.944. The topological polar surface area (TPSA) is 51.1 Å². The van der Waals surface area contributed by atoms with Crippen molar-refractivity contribution in [2.45, 2.75) is 6.92 Å². The molecule has 1 aliphatic heterocycles. The Morgan fingerprint density at radius 2 is 1.68 bits per heavy atom. The smallest absolute Gasteiger partial charge is 0.159 e. The minimum Gasteiger partial charge on any atom is -0.378 e. The Labute approximate surface area is 167 Å². The van der Waals surface area contributed by atoms with E-state index in [9.17, 15) is 0 Å². The lowest BCUT2D eigenvalue weighted by Gasteiger charge is -2.28. The average molecular weight is 388 g/mol. The third-order valence-electron chi connectivity index (χ3n) is 4.98. The molecule has 6 heteroatoms. The van der Waals surface area contributed by atoms with E-state index < -0.39 is 0 Å². The molecule has 1 saturated heterocycles. The number of aryl methyl sites for hydroxylation is 1. The minimum absolute atomic E-state index is 0.732. The number of hydrogen-bond acceptors (Lipinski definition) is 6. The molecule has 1 aliphatic rings. The van der Waals surface area contributed by atoms with Crippen molar-refractivity contribution in [2.24, 2.45) is 0 Å². The normalized spacial score (nSPS) is 14.5. The number of anilines is 1. The maximum atomic E-state index is 5.48. The van der Waals surface area contributed by atoms with Crippen molar-refractivity contribution in [3.05, 3.63) is 60.3 Å². The van der Waals surface area contributed by atoms with Crippen LogP contribution < -0.4 is 4.90 Å². The van der Waals surface area contributed by atoms with Gasteiger partial charge in [-0.25, -0.2) is 0 Å². The van der Waals surface area contributed by atoms with Gasteiger partial charge in [0, 0.05) is 30.1 Å². The Bertz CT molecular complexity index is 1120. The largest absolute Gasteiger partial charge is 0.378 e. The number of pyridine rings is 1. The van der Waals surface area contributed by atoms with Crippen LogP contribution in [-0.2, 0) is 4.74 Å². The Morgan fingerprint density at radius 1 is 0.893 bits per heavy atom. The molecule has 28 heavy (non-hydrogen) atoms. The number of thiophene rings is 1. The molecule has 0 spiro atoms. The first-order valence-electron chi connectivity index (χ1n) is 9.41. The molecule has 0 saturated carbocycles. The Hall–Kier alpha value is -2.83. The van der Waals surface area contributed by atoms with Gasteiger partial charge in [0.25, 0.3) is 0 Å². The summed E-state index contributed by atoms with van der Waals surface area (Å²) in [5, 5.41) is 11.5. The summed E-state index contributed by atoms with van der Waals surface area (Å²) in [7, 11) is 0. The molecule has 5 rings (SSSR count). The third kappa shape index (κ3) is 3.15. The monoisotopic (exact) mass is 388 g/mol. The fourth-order valence-electron chi connectivity index (χ4n) is 3.50. The van der Waals surface area contributed by atoms with E-state index in [1.807, 2.05) is 13.1 Å². The second-order valence-corrected chi connectivity index (χ2v) is 7.99.